The summed E-state index contributed by atoms with van der Waals surface area (Å²) in [4.78, 5) is 14.5. The van der Waals surface area contributed by atoms with Crippen LogP contribution in [-0.2, 0) is 10.2 Å². The second-order valence-electron chi connectivity index (χ2n) is 5.17. The molecule has 1 aliphatic rings. The molecule has 0 unspecified atom stereocenters. The lowest BCUT2D eigenvalue weighted by Gasteiger charge is -2.35. The van der Waals surface area contributed by atoms with E-state index in [1.165, 1.54) is 0 Å². The molecular weight excluding hydrogens is 283 g/mol. The largest absolute Gasteiger partial charge is 0.339 e. The molecule has 1 N–H and O–H groups in total. The van der Waals surface area contributed by atoms with Crippen LogP contribution in [0, 0.1) is 0 Å². The highest BCUT2D eigenvalue weighted by molar-refractivity contribution is 6.30. The average molecular weight is 303 g/mol. The monoisotopic (exact) mass is 302 g/mol. The number of nitrogens with zero attached hydrogens (tertiary/aromatic N) is 1. The van der Waals surface area contributed by atoms with Crippen LogP contribution in [0.3, 0.4) is 0 Å². The van der Waals surface area contributed by atoms with Crippen molar-refractivity contribution in [2.24, 2.45) is 0 Å². The number of carbonyl (C=O) groups is 1. The maximum absolute atomic E-state index is 12.6. The van der Waals surface area contributed by atoms with E-state index in [9.17, 15) is 4.79 Å². The number of halogens is 2. The molecule has 5 heteroatoms. The van der Waals surface area contributed by atoms with E-state index in [1.54, 1.807) is 0 Å². The molecule has 106 valence electrons. The zero-order chi connectivity index (χ0) is 13.2. The SMILES string of the molecule is CC(C)(C(=O)N1CCNCC1)c1ccc(Cl)cc1.Cl. The van der Waals surface area contributed by atoms with Crippen LogP contribution >= 0.6 is 24.0 Å². The molecule has 19 heavy (non-hydrogen) atoms. The van der Waals surface area contributed by atoms with Gasteiger partial charge in [-0.1, -0.05) is 23.7 Å². The Hall–Kier alpha value is -0.770. The van der Waals surface area contributed by atoms with E-state index in [2.05, 4.69) is 5.32 Å². The molecule has 0 aromatic heterocycles. The van der Waals surface area contributed by atoms with Crippen molar-refractivity contribution in [3.8, 4) is 0 Å². The van der Waals surface area contributed by atoms with Crippen LogP contribution in [0.1, 0.15) is 19.4 Å². The van der Waals surface area contributed by atoms with E-state index in [0.29, 0.717) is 5.02 Å². The first-order valence-electron chi connectivity index (χ1n) is 6.28. The summed E-state index contributed by atoms with van der Waals surface area (Å²) in [5.41, 5.74) is 0.512. The van der Waals surface area contributed by atoms with E-state index in [0.717, 1.165) is 31.7 Å². The molecule has 0 bridgehead atoms. The van der Waals surface area contributed by atoms with Crippen molar-refractivity contribution in [2.75, 3.05) is 26.2 Å². The number of nitrogens with one attached hydrogen (secondary N) is 1. The molecule has 1 aliphatic heterocycles. The van der Waals surface area contributed by atoms with Crippen LogP contribution in [0.15, 0.2) is 24.3 Å². The summed E-state index contributed by atoms with van der Waals surface area (Å²) in [6.07, 6.45) is 0. The number of carbonyl (C=O) groups excluding carboxylic acids is 1. The van der Waals surface area contributed by atoms with Gasteiger partial charge in [-0.2, -0.15) is 0 Å². The number of rotatable bonds is 2. The zero-order valence-electron chi connectivity index (χ0n) is 11.3. The van der Waals surface area contributed by atoms with Crippen LogP contribution in [-0.4, -0.2) is 37.0 Å². The van der Waals surface area contributed by atoms with E-state index in [-0.39, 0.29) is 18.3 Å². The van der Waals surface area contributed by atoms with Gasteiger partial charge in [0.25, 0.3) is 0 Å². The summed E-state index contributed by atoms with van der Waals surface area (Å²) >= 11 is 5.89. The van der Waals surface area contributed by atoms with Crippen LogP contribution in [0.25, 0.3) is 0 Å². The fourth-order valence-corrected chi connectivity index (χ4v) is 2.38. The third kappa shape index (κ3) is 3.62. The van der Waals surface area contributed by atoms with Crippen LogP contribution in [0.5, 0.6) is 0 Å². The van der Waals surface area contributed by atoms with Gasteiger partial charge >= 0.3 is 0 Å². The summed E-state index contributed by atoms with van der Waals surface area (Å²) in [6.45, 7) is 7.28. The van der Waals surface area contributed by atoms with E-state index < -0.39 is 5.41 Å². The molecular formula is C14H20Cl2N2O. The Labute approximate surface area is 125 Å². The lowest BCUT2D eigenvalue weighted by molar-refractivity contribution is -0.136. The van der Waals surface area contributed by atoms with Crippen molar-refractivity contribution in [2.45, 2.75) is 19.3 Å². The molecule has 0 spiro atoms. The quantitative estimate of drug-likeness (QED) is 0.910. The molecule has 0 radical (unpaired) electrons. The minimum absolute atomic E-state index is 0. The van der Waals surface area contributed by atoms with Crippen LogP contribution < -0.4 is 5.32 Å². The highest BCUT2D eigenvalue weighted by Gasteiger charge is 2.34. The number of hydrogen-bond donors (Lipinski definition) is 1. The average Bonchev–Trinajstić information content (AvgIpc) is 2.39. The van der Waals surface area contributed by atoms with Crippen LogP contribution in [0.2, 0.25) is 5.02 Å². The molecule has 1 aromatic carbocycles. The fourth-order valence-electron chi connectivity index (χ4n) is 2.25. The van der Waals surface area contributed by atoms with Crippen molar-refractivity contribution >= 4 is 29.9 Å². The summed E-state index contributed by atoms with van der Waals surface area (Å²) in [7, 11) is 0. The maximum Gasteiger partial charge on any atom is 0.232 e. The fraction of sp³-hybridized carbons (Fsp3) is 0.500. The summed E-state index contributed by atoms with van der Waals surface area (Å²) in [6, 6.07) is 7.54. The Kier molecular flexibility index (Phi) is 5.65. The predicted octanol–water partition coefficient (Wildman–Crippen LogP) is 2.47. The molecule has 3 nitrogen and oxygen atoms in total. The minimum atomic E-state index is -0.498. The van der Waals surface area contributed by atoms with Gasteiger partial charge in [0, 0.05) is 31.2 Å². The first-order valence-corrected chi connectivity index (χ1v) is 6.66. The van der Waals surface area contributed by atoms with Gasteiger partial charge in [-0.3, -0.25) is 4.79 Å². The van der Waals surface area contributed by atoms with Crippen LogP contribution in [0.4, 0.5) is 0 Å². The molecule has 0 aliphatic carbocycles. The smallest absolute Gasteiger partial charge is 0.232 e. The summed E-state index contributed by atoms with van der Waals surface area (Å²) in [5.74, 6) is 0.186. The molecule has 0 atom stereocenters. The van der Waals surface area contributed by atoms with E-state index in [4.69, 9.17) is 11.6 Å². The molecule has 1 amide bonds. The highest BCUT2D eigenvalue weighted by atomic mass is 35.5. The second kappa shape index (κ2) is 6.60. The van der Waals surface area contributed by atoms with Gasteiger partial charge in [-0.25, -0.2) is 0 Å². The number of benzene rings is 1. The standard InChI is InChI=1S/C14H19ClN2O.ClH/c1-14(2,11-3-5-12(15)6-4-11)13(18)17-9-7-16-8-10-17;/h3-6,16H,7-10H2,1-2H3;1H. The molecule has 1 saturated heterocycles. The predicted molar refractivity (Wildman–Crippen MR) is 81.2 cm³/mol. The molecule has 1 heterocycles. The molecule has 0 saturated carbocycles. The normalized spacial score (nSPS) is 15.8. The van der Waals surface area contributed by atoms with Crippen molar-refractivity contribution < 1.29 is 4.79 Å². The van der Waals surface area contributed by atoms with Crippen molar-refractivity contribution in [3.05, 3.63) is 34.9 Å². The number of piperazine rings is 1. The Balaban J connectivity index is 0.00000180. The topological polar surface area (TPSA) is 32.3 Å². The molecule has 1 aromatic rings. The molecule has 1 fully saturated rings. The van der Waals surface area contributed by atoms with Crippen molar-refractivity contribution in [1.29, 1.82) is 0 Å². The van der Waals surface area contributed by atoms with Gasteiger partial charge in [0.2, 0.25) is 5.91 Å². The van der Waals surface area contributed by atoms with E-state index >= 15 is 0 Å². The summed E-state index contributed by atoms with van der Waals surface area (Å²) < 4.78 is 0. The van der Waals surface area contributed by atoms with Gasteiger partial charge in [0.15, 0.2) is 0 Å². The van der Waals surface area contributed by atoms with Gasteiger partial charge in [0.1, 0.15) is 0 Å². The minimum Gasteiger partial charge on any atom is -0.339 e. The number of hydrogen-bond acceptors (Lipinski definition) is 2. The Morgan fingerprint density at radius 2 is 1.74 bits per heavy atom. The van der Waals surface area contributed by atoms with Gasteiger partial charge < -0.3 is 10.2 Å². The van der Waals surface area contributed by atoms with Gasteiger partial charge in [-0.05, 0) is 31.5 Å². The molecule has 2 rings (SSSR count). The summed E-state index contributed by atoms with van der Waals surface area (Å²) in [5, 5.41) is 3.96. The number of amides is 1. The van der Waals surface area contributed by atoms with Gasteiger partial charge in [-0.15, -0.1) is 12.4 Å². The maximum atomic E-state index is 12.6. The van der Waals surface area contributed by atoms with Crippen molar-refractivity contribution in [3.63, 3.8) is 0 Å². The zero-order valence-corrected chi connectivity index (χ0v) is 12.9. The lowest BCUT2D eigenvalue weighted by atomic mass is 9.83. The third-order valence-corrected chi connectivity index (χ3v) is 3.76. The lowest BCUT2D eigenvalue weighted by Crippen LogP contribution is -2.51. The first kappa shape index (κ1) is 16.3. The second-order valence-corrected chi connectivity index (χ2v) is 5.61. The Morgan fingerprint density at radius 3 is 2.26 bits per heavy atom. The highest BCUT2D eigenvalue weighted by Crippen LogP contribution is 2.27. The third-order valence-electron chi connectivity index (χ3n) is 3.50. The Bertz CT molecular complexity index is 426. The Morgan fingerprint density at radius 1 is 1.21 bits per heavy atom. The first-order chi connectivity index (χ1) is 8.51. The van der Waals surface area contributed by atoms with E-state index in [1.807, 2.05) is 43.0 Å². The van der Waals surface area contributed by atoms with Crippen molar-refractivity contribution in [1.82, 2.24) is 10.2 Å². The van der Waals surface area contributed by atoms with Gasteiger partial charge in [0.05, 0.1) is 5.41 Å².